The summed E-state index contributed by atoms with van der Waals surface area (Å²) in [5, 5.41) is 0. The average molecular weight is 584 g/mol. The standard InChI is InChI=1S/C28H42NO10P/c1-19(2)25(30)35-17-37-40(32,38-18-36-26(31)27(3,4)5)39-21-11-12-28(13-14-29(6)24(28)16-21)20-9-10-22(33-7)23(15-20)34-8/h9-10,15-16,19,24H,11-14,17-18H2,1-8H3/t24-,28-,40?/m0/s1. The number of nitrogens with zero attached hydrogens (tertiary/aromatic N) is 1. The highest BCUT2D eigenvalue weighted by molar-refractivity contribution is 7.48. The summed E-state index contributed by atoms with van der Waals surface area (Å²) in [6.45, 7) is 7.92. The number of phosphoric acid groups is 1. The number of allylic oxidation sites excluding steroid dienone is 1. The summed E-state index contributed by atoms with van der Waals surface area (Å²) in [6, 6.07) is 5.90. The quantitative estimate of drug-likeness (QED) is 0.184. The zero-order valence-corrected chi connectivity index (χ0v) is 25.6. The number of hydrogen-bond acceptors (Lipinski definition) is 11. The summed E-state index contributed by atoms with van der Waals surface area (Å²) < 4.78 is 51.2. The topological polar surface area (TPSA) is 119 Å². The molecule has 0 amide bonds. The molecule has 1 fully saturated rings. The number of ether oxygens (including phenoxy) is 4. The molecule has 0 radical (unpaired) electrons. The van der Waals surface area contributed by atoms with E-state index in [1.54, 1.807) is 48.8 Å². The van der Waals surface area contributed by atoms with Crippen LogP contribution in [-0.4, -0.2) is 64.3 Å². The first-order chi connectivity index (χ1) is 18.7. The molecular weight excluding hydrogens is 541 g/mol. The molecule has 0 bridgehead atoms. The van der Waals surface area contributed by atoms with Crippen LogP contribution in [0.15, 0.2) is 30.0 Å². The molecule has 12 heteroatoms. The van der Waals surface area contributed by atoms with Crippen molar-refractivity contribution in [2.75, 3.05) is 41.4 Å². The number of hydrogen-bond donors (Lipinski definition) is 0. The van der Waals surface area contributed by atoms with Crippen LogP contribution in [-0.2, 0) is 42.6 Å². The number of esters is 2. The molecule has 3 atom stereocenters. The molecule has 224 valence electrons. The molecule has 1 aromatic rings. The molecule has 2 aliphatic rings. The van der Waals surface area contributed by atoms with Crippen LogP contribution >= 0.6 is 7.82 Å². The Balaban J connectivity index is 1.82. The lowest BCUT2D eigenvalue weighted by atomic mass is 9.68. The zero-order chi connectivity index (χ0) is 29.7. The predicted molar refractivity (Wildman–Crippen MR) is 147 cm³/mol. The minimum atomic E-state index is -4.33. The molecule has 0 spiro atoms. The van der Waals surface area contributed by atoms with Crippen LogP contribution in [0.5, 0.6) is 11.5 Å². The lowest BCUT2D eigenvalue weighted by Crippen LogP contribution is -2.42. The first kappa shape index (κ1) is 31.9. The van der Waals surface area contributed by atoms with Crippen LogP contribution in [0.2, 0.25) is 0 Å². The van der Waals surface area contributed by atoms with Crippen LogP contribution in [0.4, 0.5) is 0 Å². The zero-order valence-electron chi connectivity index (χ0n) is 24.7. The van der Waals surface area contributed by atoms with E-state index < -0.39 is 44.7 Å². The summed E-state index contributed by atoms with van der Waals surface area (Å²) in [7, 11) is 0.903. The first-order valence-electron chi connectivity index (χ1n) is 13.3. The van der Waals surface area contributed by atoms with Gasteiger partial charge in [0.25, 0.3) is 0 Å². The van der Waals surface area contributed by atoms with Crippen molar-refractivity contribution in [3.8, 4) is 11.5 Å². The van der Waals surface area contributed by atoms with Crippen molar-refractivity contribution in [1.82, 2.24) is 4.90 Å². The van der Waals surface area contributed by atoms with Gasteiger partial charge >= 0.3 is 19.8 Å². The molecule has 1 aliphatic heterocycles. The number of carbonyl (C=O) groups excluding carboxylic acids is 2. The Kier molecular flexibility index (Phi) is 10.3. The van der Waals surface area contributed by atoms with Gasteiger partial charge in [-0.05, 0) is 71.0 Å². The highest BCUT2D eigenvalue weighted by Gasteiger charge is 2.49. The second kappa shape index (κ2) is 12.9. The molecule has 3 rings (SSSR count). The number of benzene rings is 1. The fourth-order valence-electron chi connectivity index (χ4n) is 4.84. The SMILES string of the molecule is COc1ccc([C@@]23CCC(OP(=O)(OCOC(=O)C(C)C)OCOC(=O)C(C)(C)C)=C[C@@H]2N(C)CC3)cc1OC. The number of phosphoric ester groups is 1. The maximum absolute atomic E-state index is 13.6. The molecule has 40 heavy (non-hydrogen) atoms. The van der Waals surface area contributed by atoms with Crippen LogP contribution in [0.1, 0.15) is 59.4 Å². The summed E-state index contributed by atoms with van der Waals surface area (Å²) in [6.07, 6.45) is 3.98. The van der Waals surface area contributed by atoms with Crippen molar-refractivity contribution >= 4 is 19.8 Å². The Hall–Kier alpha value is -2.59. The van der Waals surface area contributed by atoms with E-state index in [9.17, 15) is 14.2 Å². The number of fused-ring (bicyclic) bond motifs is 1. The van der Waals surface area contributed by atoms with Gasteiger partial charge in [0, 0.05) is 17.9 Å². The molecular formula is C28H42NO10P. The molecule has 0 aromatic heterocycles. The van der Waals surface area contributed by atoms with Gasteiger partial charge in [0.2, 0.25) is 13.6 Å². The number of carbonyl (C=O) groups is 2. The molecule has 1 heterocycles. The smallest absolute Gasteiger partial charge is 0.493 e. The summed E-state index contributed by atoms with van der Waals surface area (Å²) in [4.78, 5) is 26.2. The Morgan fingerprint density at radius 1 is 1.05 bits per heavy atom. The molecule has 1 aromatic carbocycles. The number of likely N-dealkylation sites (tertiary alicyclic amines) is 1. The van der Waals surface area contributed by atoms with Gasteiger partial charge in [-0.3, -0.25) is 14.5 Å². The van der Waals surface area contributed by atoms with Crippen LogP contribution in [0.25, 0.3) is 0 Å². The van der Waals surface area contributed by atoms with Gasteiger partial charge in [-0.1, -0.05) is 19.9 Å². The van der Waals surface area contributed by atoms with Gasteiger partial charge in [-0.2, -0.15) is 0 Å². The van der Waals surface area contributed by atoms with Crippen molar-refractivity contribution in [2.24, 2.45) is 11.3 Å². The Bertz CT molecular complexity index is 1140. The number of methoxy groups -OCH3 is 2. The van der Waals surface area contributed by atoms with Crippen LogP contribution in [0.3, 0.4) is 0 Å². The Morgan fingerprint density at radius 2 is 1.70 bits per heavy atom. The van der Waals surface area contributed by atoms with Crippen molar-refractivity contribution in [3.63, 3.8) is 0 Å². The molecule has 1 saturated heterocycles. The summed E-state index contributed by atoms with van der Waals surface area (Å²) in [5.74, 6) is 0.239. The van der Waals surface area contributed by atoms with E-state index in [1.807, 2.05) is 25.3 Å². The van der Waals surface area contributed by atoms with Gasteiger partial charge in [0.1, 0.15) is 5.76 Å². The third-order valence-corrected chi connectivity index (χ3v) is 8.50. The summed E-state index contributed by atoms with van der Waals surface area (Å²) >= 11 is 0. The Labute approximate surface area is 236 Å². The third kappa shape index (κ3) is 7.37. The van der Waals surface area contributed by atoms with E-state index in [1.165, 1.54) is 0 Å². The van der Waals surface area contributed by atoms with Crippen molar-refractivity contribution in [2.45, 2.75) is 65.3 Å². The third-order valence-electron chi connectivity index (χ3n) is 7.20. The van der Waals surface area contributed by atoms with Gasteiger partial charge < -0.3 is 23.5 Å². The van der Waals surface area contributed by atoms with Crippen LogP contribution < -0.4 is 9.47 Å². The van der Waals surface area contributed by atoms with Gasteiger partial charge in [0.05, 0.1) is 25.6 Å². The molecule has 0 N–H and O–H groups in total. The molecule has 0 saturated carbocycles. The normalized spacial score (nSPS) is 22.6. The Morgan fingerprint density at radius 3 is 2.30 bits per heavy atom. The van der Waals surface area contributed by atoms with E-state index in [2.05, 4.69) is 11.0 Å². The number of likely N-dealkylation sites (N-methyl/N-ethyl adjacent to an activating group) is 1. The van der Waals surface area contributed by atoms with Crippen LogP contribution in [0, 0.1) is 11.3 Å². The fourth-order valence-corrected chi connectivity index (χ4v) is 5.82. The van der Waals surface area contributed by atoms with Gasteiger partial charge in [-0.25, -0.2) is 13.6 Å². The van der Waals surface area contributed by atoms with Crippen molar-refractivity contribution in [1.29, 1.82) is 0 Å². The first-order valence-corrected chi connectivity index (χ1v) is 14.8. The maximum atomic E-state index is 13.6. The monoisotopic (exact) mass is 583 g/mol. The summed E-state index contributed by atoms with van der Waals surface area (Å²) in [5.41, 5.74) is 0.107. The minimum absolute atomic E-state index is 0.0692. The highest BCUT2D eigenvalue weighted by atomic mass is 31.2. The van der Waals surface area contributed by atoms with E-state index >= 15 is 0 Å². The predicted octanol–water partition coefficient (Wildman–Crippen LogP) is 5.18. The second-order valence-electron chi connectivity index (χ2n) is 11.4. The average Bonchev–Trinajstić information content (AvgIpc) is 3.24. The van der Waals surface area contributed by atoms with E-state index in [-0.39, 0.29) is 11.5 Å². The number of rotatable bonds is 12. The van der Waals surface area contributed by atoms with Crippen molar-refractivity contribution < 1.29 is 46.7 Å². The highest BCUT2D eigenvalue weighted by Crippen LogP contribution is 2.55. The van der Waals surface area contributed by atoms with E-state index in [4.69, 9.17) is 32.5 Å². The van der Waals surface area contributed by atoms with Crippen molar-refractivity contribution in [3.05, 3.63) is 35.6 Å². The van der Waals surface area contributed by atoms with Gasteiger partial charge in [0.15, 0.2) is 11.5 Å². The minimum Gasteiger partial charge on any atom is -0.493 e. The van der Waals surface area contributed by atoms with Gasteiger partial charge in [-0.15, -0.1) is 0 Å². The lowest BCUT2D eigenvalue weighted by molar-refractivity contribution is -0.161. The fraction of sp³-hybridized carbons (Fsp3) is 0.643. The van der Waals surface area contributed by atoms with E-state index in [0.29, 0.717) is 30.1 Å². The maximum Gasteiger partial charge on any atom is 0.535 e. The molecule has 11 nitrogen and oxygen atoms in total. The van der Waals surface area contributed by atoms with E-state index in [0.717, 1.165) is 18.5 Å². The molecule has 1 unspecified atom stereocenters. The lowest BCUT2D eigenvalue weighted by Gasteiger charge is -2.40. The second-order valence-corrected chi connectivity index (χ2v) is 13.0. The largest absolute Gasteiger partial charge is 0.535 e. The molecule has 1 aliphatic carbocycles.